The summed E-state index contributed by atoms with van der Waals surface area (Å²) in [6, 6.07) is 0. The number of hydrogen-bond acceptors (Lipinski definition) is 5. The van der Waals surface area contributed by atoms with Crippen LogP contribution in [-0.2, 0) is 23.4 Å². The van der Waals surface area contributed by atoms with E-state index in [-0.39, 0.29) is 5.75 Å². The number of rotatable bonds is 3. The molecule has 6 nitrogen and oxygen atoms in total. The Morgan fingerprint density at radius 1 is 1.33 bits per heavy atom. The van der Waals surface area contributed by atoms with Crippen LogP contribution in [0.15, 0.2) is 6.20 Å². The van der Waals surface area contributed by atoms with Gasteiger partial charge in [-0.05, 0) is 20.3 Å². The Morgan fingerprint density at radius 3 is 2.57 bits per heavy atom. The van der Waals surface area contributed by atoms with Crippen LogP contribution in [0.1, 0.15) is 26.0 Å². The number of sulfone groups is 1. The van der Waals surface area contributed by atoms with E-state index in [1.807, 2.05) is 46.1 Å². The van der Waals surface area contributed by atoms with Crippen molar-refractivity contribution in [2.75, 3.05) is 37.8 Å². The van der Waals surface area contributed by atoms with Crippen molar-refractivity contribution in [2.45, 2.75) is 31.6 Å². The SMILES string of the molecule is CN(C)c1ncc(CN2CCC(C)(C)S(=O)(=O)CC2)n1C. The van der Waals surface area contributed by atoms with Crippen LogP contribution in [0.4, 0.5) is 5.95 Å². The summed E-state index contributed by atoms with van der Waals surface area (Å²) in [5.74, 6) is 1.14. The predicted octanol–water partition coefficient (Wildman–Crippen LogP) is 0.885. The minimum absolute atomic E-state index is 0.235. The summed E-state index contributed by atoms with van der Waals surface area (Å²) >= 11 is 0. The van der Waals surface area contributed by atoms with Crippen molar-refractivity contribution in [2.24, 2.45) is 7.05 Å². The second kappa shape index (κ2) is 5.61. The predicted molar refractivity (Wildman–Crippen MR) is 85.3 cm³/mol. The summed E-state index contributed by atoms with van der Waals surface area (Å²) < 4.78 is 25.9. The summed E-state index contributed by atoms with van der Waals surface area (Å²) in [5, 5.41) is 0. The number of imidazole rings is 1. The highest BCUT2D eigenvalue weighted by Gasteiger charge is 2.37. The average molecular weight is 314 g/mol. The molecule has 0 aliphatic carbocycles. The summed E-state index contributed by atoms with van der Waals surface area (Å²) in [6.45, 7) is 5.80. The van der Waals surface area contributed by atoms with E-state index >= 15 is 0 Å². The average Bonchev–Trinajstić information content (AvgIpc) is 2.69. The summed E-state index contributed by atoms with van der Waals surface area (Å²) in [4.78, 5) is 8.59. The molecule has 0 spiro atoms. The Morgan fingerprint density at radius 2 is 2.00 bits per heavy atom. The van der Waals surface area contributed by atoms with E-state index in [1.54, 1.807) is 0 Å². The Hall–Kier alpha value is -1.08. The largest absolute Gasteiger partial charge is 0.348 e. The minimum Gasteiger partial charge on any atom is -0.348 e. The van der Waals surface area contributed by atoms with Gasteiger partial charge in [0.2, 0.25) is 5.95 Å². The first-order valence-electron chi connectivity index (χ1n) is 7.26. The number of aromatic nitrogens is 2. The molecule has 0 amide bonds. The maximum absolute atomic E-state index is 12.2. The molecule has 0 aromatic carbocycles. The Balaban J connectivity index is 2.12. The molecule has 2 rings (SSSR count). The van der Waals surface area contributed by atoms with Crippen LogP contribution in [0.2, 0.25) is 0 Å². The molecule has 1 aromatic rings. The van der Waals surface area contributed by atoms with E-state index in [0.717, 1.165) is 24.7 Å². The van der Waals surface area contributed by atoms with E-state index in [2.05, 4.69) is 14.5 Å². The fourth-order valence-corrected chi connectivity index (χ4v) is 4.06. The monoisotopic (exact) mass is 314 g/mol. The highest BCUT2D eigenvalue weighted by atomic mass is 32.2. The minimum atomic E-state index is -3.01. The lowest BCUT2D eigenvalue weighted by molar-refractivity contribution is 0.270. The lowest BCUT2D eigenvalue weighted by Gasteiger charge is -2.22. The molecule has 1 saturated heterocycles. The van der Waals surface area contributed by atoms with Gasteiger partial charge in [0.15, 0.2) is 9.84 Å². The molecule has 1 fully saturated rings. The third kappa shape index (κ3) is 3.23. The van der Waals surface area contributed by atoms with E-state index < -0.39 is 14.6 Å². The molecule has 0 radical (unpaired) electrons. The maximum atomic E-state index is 12.2. The van der Waals surface area contributed by atoms with Crippen LogP contribution in [0.5, 0.6) is 0 Å². The van der Waals surface area contributed by atoms with Crippen LogP contribution >= 0.6 is 0 Å². The van der Waals surface area contributed by atoms with Crippen LogP contribution in [0, 0.1) is 0 Å². The fraction of sp³-hybridized carbons (Fsp3) is 0.786. The molecule has 0 unspecified atom stereocenters. The summed E-state index contributed by atoms with van der Waals surface area (Å²) in [5.41, 5.74) is 1.11. The lowest BCUT2D eigenvalue weighted by atomic mass is 10.1. The van der Waals surface area contributed by atoms with Crippen LogP contribution in [0.3, 0.4) is 0 Å². The molecule has 1 aromatic heterocycles. The van der Waals surface area contributed by atoms with Crippen molar-refractivity contribution < 1.29 is 8.42 Å². The molecule has 21 heavy (non-hydrogen) atoms. The number of anilines is 1. The standard InChI is InChI=1S/C14H26N4O2S/c1-14(2)6-7-18(8-9-21(14,19)20)11-12-10-15-13(16(3)4)17(12)5/h10H,6-9,11H2,1-5H3. The van der Waals surface area contributed by atoms with Crippen molar-refractivity contribution in [1.29, 1.82) is 0 Å². The number of hydrogen-bond donors (Lipinski definition) is 0. The Kier molecular flexibility index (Phi) is 4.35. The molecular weight excluding hydrogens is 288 g/mol. The topological polar surface area (TPSA) is 58.4 Å². The molecule has 0 N–H and O–H groups in total. The van der Waals surface area contributed by atoms with E-state index in [0.29, 0.717) is 13.0 Å². The van der Waals surface area contributed by atoms with Gasteiger partial charge in [-0.2, -0.15) is 0 Å². The van der Waals surface area contributed by atoms with Gasteiger partial charge in [-0.3, -0.25) is 4.90 Å². The summed E-state index contributed by atoms with van der Waals surface area (Å²) in [7, 11) is 2.91. The van der Waals surface area contributed by atoms with Crippen LogP contribution in [-0.4, -0.2) is 60.6 Å². The van der Waals surface area contributed by atoms with Gasteiger partial charge in [0.05, 0.1) is 22.4 Å². The van der Waals surface area contributed by atoms with Gasteiger partial charge >= 0.3 is 0 Å². The van der Waals surface area contributed by atoms with E-state index in [4.69, 9.17) is 0 Å². The van der Waals surface area contributed by atoms with Gasteiger partial charge in [-0.1, -0.05) is 0 Å². The summed E-state index contributed by atoms with van der Waals surface area (Å²) in [6.07, 6.45) is 2.55. The Labute approximate surface area is 127 Å². The number of nitrogens with zero attached hydrogens (tertiary/aromatic N) is 4. The van der Waals surface area contributed by atoms with E-state index in [1.165, 1.54) is 0 Å². The third-order valence-electron chi connectivity index (χ3n) is 4.39. The van der Waals surface area contributed by atoms with Gasteiger partial charge in [-0.25, -0.2) is 13.4 Å². The zero-order valence-electron chi connectivity index (χ0n) is 13.6. The first-order valence-corrected chi connectivity index (χ1v) is 8.92. The second-order valence-electron chi connectivity index (χ2n) is 6.61. The van der Waals surface area contributed by atoms with Gasteiger partial charge < -0.3 is 9.47 Å². The van der Waals surface area contributed by atoms with Crippen LogP contribution in [0.25, 0.3) is 0 Å². The highest BCUT2D eigenvalue weighted by Crippen LogP contribution is 2.26. The van der Waals surface area contributed by atoms with Crippen molar-refractivity contribution in [1.82, 2.24) is 14.5 Å². The molecule has 0 saturated carbocycles. The molecule has 0 atom stereocenters. The molecule has 120 valence electrons. The molecule has 0 bridgehead atoms. The normalized spacial score (nSPS) is 22.0. The van der Waals surface area contributed by atoms with Crippen molar-refractivity contribution in [3.8, 4) is 0 Å². The van der Waals surface area contributed by atoms with Gasteiger partial charge in [0.25, 0.3) is 0 Å². The van der Waals surface area contributed by atoms with Gasteiger partial charge in [0, 0.05) is 40.8 Å². The fourth-order valence-electron chi connectivity index (χ4n) is 2.60. The molecule has 1 aliphatic heterocycles. The smallest absolute Gasteiger partial charge is 0.204 e. The van der Waals surface area contributed by atoms with E-state index in [9.17, 15) is 8.42 Å². The third-order valence-corrected chi connectivity index (χ3v) is 7.00. The zero-order chi connectivity index (χ0) is 15.8. The Bertz CT molecular complexity index is 604. The van der Waals surface area contributed by atoms with Crippen LogP contribution < -0.4 is 4.90 Å². The highest BCUT2D eigenvalue weighted by molar-refractivity contribution is 7.92. The lowest BCUT2D eigenvalue weighted by Crippen LogP contribution is -2.33. The van der Waals surface area contributed by atoms with Crippen molar-refractivity contribution >= 4 is 15.8 Å². The first kappa shape index (κ1) is 16.3. The van der Waals surface area contributed by atoms with Gasteiger partial charge in [0.1, 0.15) is 0 Å². The molecule has 7 heteroatoms. The molecule has 1 aliphatic rings. The zero-order valence-corrected chi connectivity index (χ0v) is 14.4. The first-order chi connectivity index (χ1) is 9.64. The van der Waals surface area contributed by atoms with Gasteiger partial charge in [-0.15, -0.1) is 0 Å². The maximum Gasteiger partial charge on any atom is 0.204 e. The quantitative estimate of drug-likeness (QED) is 0.829. The molecule has 2 heterocycles. The van der Waals surface area contributed by atoms with Crippen molar-refractivity contribution in [3.05, 3.63) is 11.9 Å². The molecular formula is C14H26N4O2S. The van der Waals surface area contributed by atoms with Crippen molar-refractivity contribution in [3.63, 3.8) is 0 Å². The second-order valence-corrected chi connectivity index (χ2v) is 9.35.